The normalized spacial score (nSPS) is 13.3. The van der Waals surface area contributed by atoms with E-state index in [9.17, 15) is 9.59 Å². The molecule has 0 spiro atoms. The van der Waals surface area contributed by atoms with Crippen LogP contribution in [-0.2, 0) is 35.5 Å². The summed E-state index contributed by atoms with van der Waals surface area (Å²) in [5, 5.41) is 7.36. The van der Waals surface area contributed by atoms with Crippen molar-refractivity contribution in [3.63, 3.8) is 0 Å². The first-order valence-corrected chi connectivity index (χ1v) is 12.3. The number of hydrogen-bond donors (Lipinski definition) is 1. The summed E-state index contributed by atoms with van der Waals surface area (Å²) in [7, 11) is 0. The Morgan fingerprint density at radius 3 is 2.60 bits per heavy atom. The standard InChI is InChI=1S/C25H30N4O5S/c1-15-19(16(2)34-28-15)14-32-18-8-6-17(7-9-18)12-22(30)27-23-26-20-10-11-29(13-21(20)35-23)24(31)33-25(3,4)5/h6-9H,10-14H2,1-5H3,(H,26,27,30). The average molecular weight is 499 g/mol. The van der Waals surface area contributed by atoms with Crippen LogP contribution in [0.2, 0.25) is 0 Å². The van der Waals surface area contributed by atoms with E-state index in [2.05, 4.69) is 15.5 Å². The Balaban J connectivity index is 1.29. The van der Waals surface area contributed by atoms with Gasteiger partial charge in [0.25, 0.3) is 0 Å². The molecule has 1 aliphatic heterocycles. The maximum absolute atomic E-state index is 12.6. The fraction of sp³-hybridized carbons (Fsp3) is 0.440. The summed E-state index contributed by atoms with van der Waals surface area (Å²) in [5.41, 5.74) is 3.00. The number of amides is 2. The molecule has 0 aliphatic carbocycles. The highest BCUT2D eigenvalue weighted by molar-refractivity contribution is 7.15. The van der Waals surface area contributed by atoms with Crippen molar-refractivity contribution in [2.75, 3.05) is 11.9 Å². The third-order valence-electron chi connectivity index (χ3n) is 5.48. The van der Waals surface area contributed by atoms with Crippen molar-refractivity contribution in [1.82, 2.24) is 15.0 Å². The van der Waals surface area contributed by atoms with Gasteiger partial charge in [-0.05, 0) is 52.3 Å². The molecule has 3 heterocycles. The number of fused-ring (bicyclic) bond motifs is 1. The quantitative estimate of drug-likeness (QED) is 0.520. The Kier molecular flexibility index (Phi) is 7.11. The van der Waals surface area contributed by atoms with Gasteiger partial charge in [-0.2, -0.15) is 0 Å². The summed E-state index contributed by atoms with van der Waals surface area (Å²) < 4.78 is 16.4. The largest absolute Gasteiger partial charge is 0.489 e. The highest BCUT2D eigenvalue weighted by atomic mass is 32.1. The van der Waals surface area contributed by atoms with Gasteiger partial charge in [0.15, 0.2) is 5.13 Å². The van der Waals surface area contributed by atoms with Crippen molar-refractivity contribution in [2.24, 2.45) is 0 Å². The van der Waals surface area contributed by atoms with Gasteiger partial charge in [-0.15, -0.1) is 0 Å². The molecule has 35 heavy (non-hydrogen) atoms. The van der Waals surface area contributed by atoms with Gasteiger partial charge < -0.3 is 24.2 Å². The number of benzene rings is 1. The number of nitrogens with one attached hydrogen (secondary N) is 1. The second kappa shape index (κ2) is 10.1. The lowest BCUT2D eigenvalue weighted by Crippen LogP contribution is -2.39. The van der Waals surface area contributed by atoms with Crippen LogP contribution in [0.3, 0.4) is 0 Å². The molecule has 0 atom stereocenters. The first-order valence-electron chi connectivity index (χ1n) is 11.5. The summed E-state index contributed by atoms with van der Waals surface area (Å²) in [6, 6.07) is 7.42. The molecule has 2 amide bonds. The first-order chi connectivity index (χ1) is 16.6. The second-order valence-electron chi connectivity index (χ2n) is 9.50. The molecule has 0 radical (unpaired) electrons. The molecule has 2 aromatic heterocycles. The zero-order chi connectivity index (χ0) is 25.2. The van der Waals surface area contributed by atoms with Gasteiger partial charge in [-0.3, -0.25) is 4.79 Å². The predicted molar refractivity (Wildman–Crippen MR) is 132 cm³/mol. The number of thiazole rings is 1. The smallest absolute Gasteiger partial charge is 0.410 e. The fourth-order valence-electron chi connectivity index (χ4n) is 3.65. The highest BCUT2D eigenvalue weighted by Crippen LogP contribution is 2.29. The van der Waals surface area contributed by atoms with Crippen LogP contribution in [0.15, 0.2) is 28.8 Å². The van der Waals surface area contributed by atoms with Crippen molar-refractivity contribution in [1.29, 1.82) is 0 Å². The van der Waals surface area contributed by atoms with E-state index in [1.54, 1.807) is 4.90 Å². The molecule has 186 valence electrons. The summed E-state index contributed by atoms with van der Waals surface area (Å²) in [6.45, 7) is 10.6. The van der Waals surface area contributed by atoms with Crippen LogP contribution in [0.1, 0.15) is 53.9 Å². The number of aryl methyl sites for hydroxylation is 2. The number of rotatable bonds is 6. The molecule has 9 nitrogen and oxygen atoms in total. The number of anilines is 1. The Morgan fingerprint density at radius 1 is 1.20 bits per heavy atom. The van der Waals surface area contributed by atoms with Crippen LogP contribution in [-0.4, -0.2) is 39.2 Å². The maximum Gasteiger partial charge on any atom is 0.410 e. The molecular formula is C25H30N4O5S. The van der Waals surface area contributed by atoms with Crippen LogP contribution in [0.5, 0.6) is 5.75 Å². The zero-order valence-corrected chi connectivity index (χ0v) is 21.5. The molecule has 3 aromatic rings. The summed E-state index contributed by atoms with van der Waals surface area (Å²) in [4.78, 5) is 32.2. The zero-order valence-electron chi connectivity index (χ0n) is 20.6. The molecule has 0 saturated carbocycles. The fourth-order valence-corrected chi connectivity index (χ4v) is 4.69. The molecular weight excluding hydrogens is 468 g/mol. The molecule has 4 rings (SSSR count). The van der Waals surface area contributed by atoms with Crippen molar-refractivity contribution < 1.29 is 23.6 Å². The van der Waals surface area contributed by atoms with Crippen LogP contribution >= 0.6 is 11.3 Å². The number of carbonyl (C=O) groups is 2. The minimum atomic E-state index is -0.538. The van der Waals surface area contributed by atoms with Crippen LogP contribution < -0.4 is 10.1 Å². The molecule has 0 saturated heterocycles. The van der Waals surface area contributed by atoms with Crippen molar-refractivity contribution in [3.8, 4) is 5.75 Å². The first kappa shape index (κ1) is 24.7. The van der Waals surface area contributed by atoms with Crippen molar-refractivity contribution >= 4 is 28.5 Å². The third kappa shape index (κ3) is 6.39. The number of aromatic nitrogens is 2. The monoisotopic (exact) mass is 498 g/mol. The Labute approximate surface area is 208 Å². The van der Waals surface area contributed by atoms with Crippen LogP contribution in [0, 0.1) is 13.8 Å². The summed E-state index contributed by atoms with van der Waals surface area (Å²) in [6.07, 6.45) is 0.524. The third-order valence-corrected chi connectivity index (χ3v) is 6.48. The van der Waals surface area contributed by atoms with E-state index >= 15 is 0 Å². The number of carbonyl (C=O) groups excluding carboxylic acids is 2. The van der Waals surface area contributed by atoms with Gasteiger partial charge in [-0.1, -0.05) is 28.6 Å². The molecule has 10 heteroatoms. The average Bonchev–Trinajstić information content (AvgIpc) is 3.33. The molecule has 0 unspecified atom stereocenters. The van der Waals surface area contributed by atoms with E-state index in [0.29, 0.717) is 37.0 Å². The number of ether oxygens (including phenoxy) is 2. The Bertz CT molecular complexity index is 1190. The lowest BCUT2D eigenvalue weighted by atomic mass is 10.1. The van der Waals surface area contributed by atoms with Gasteiger partial charge in [0.05, 0.1) is 29.9 Å². The molecule has 1 N–H and O–H groups in total. The van der Waals surface area contributed by atoms with Gasteiger partial charge in [0.2, 0.25) is 5.91 Å². The van der Waals surface area contributed by atoms with E-state index in [0.717, 1.165) is 33.2 Å². The van der Waals surface area contributed by atoms with Crippen LogP contribution in [0.25, 0.3) is 0 Å². The van der Waals surface area contributed by atoms with E-state index in [4.69, 9.17) is 14.0 Å². The SMILES string of the molecule is Cc1noc(C)c1COc1ccc(CC(=O)Nc2nc3c(s2)CN(C(=O)OC(C)(C)C)CC3)cc1. The van der Waals surface area contributed by atoms with Crippen molar-refractivity contribution in [3.05, 3.63) is 57.4 Å². The van der Waals surface area contributed by atoms with Crippen molar-refractivity contribution in [2.45, 2.75) is 66.2 Å². The van der Waals surface area contributed by atoms with Crippen LogP contribution in [0.4, 0.5) is 9.93 Å². The molecule has 1 aliphatic rings. The molecule has 0 fully saturated rings. The lowest BCUT2D eigenvalue weighted by Gasteiger charge is -2.29. The van der Waals surface area contributed by atoms with E-state index in [-0.39, 0.29) is 18.4 Å². The van der Waals surface area contributed by atoms with E-state index < -0.39 is 5.60 Å². The second-order valence-corrected chi connectivity index (χ2v) is 10.6. The van der Waals surface area contributed by atoms with Gasteiger partial charge in [-0.25, -0.2) is 9.78 Å². The Hall–Kier alpha value is -3.40. The van der Waals surface area contributed by atoms with E-state index in [1.807, 2.05) is 58.9 Å². The minimum absolute atomic E-state index is 0.149. The highest BCUT2D eigenvalue weighted by Gasteiger charge is 2.28. The van der Waals surface area contributed by atoms with E-state index in [1.165, 1.54) is 11.3 Å². The lowest BCUT2D eigenvalue weighted by molar-refractivity contribution is -0.115. The van der Waals surface area contributed by atoms with Gasteiger partial charge >= 0.3 is 6.09 Å². The summed E-state index contributed by atoms with van der Waals surface area (Å²) >= 11 is 1.40. The topological polar surface area (TPSA) is 107 Å². The van der Waals surface area contributed by atoms with Gasteiger partial charge in [0.1, 0.15) is 23.7 Å². The molecule has 0 bridgehead atoms. The number of hydrogen-bond acceptors (Lipinski definition) is 8. The summed E-state index contributed by atoms with van der Waals surface area (Å²) in [5.74, 6) is 1.30. The Morgan fingerprint density at radius 2 is 1.94 bits per heavy atom. The van der Waals surface area contributed by atoms with Gasteiger partial charge in [0, 0.05) is 17.8 Å². The maximum atomic E-state index is 12.6. The molecule has 1 aromatic carbocycles. The minimum Gasteiger partial charge on any atom is -0.489 e. The predicted octanol–water partition coefficient (Wildman–Crippen LogP) is 4.80. The number of nitrogens with zero attached hydrogens (tertiary/aromatic N) is 3.